The van der Waals surface area contributed by atoms with E-state index in [4.69, 9.17) is 25.8 Å². The summed E-state index contributed by atoms with van der Waals surface area (Å²) in [7, 11) is 1.63. The molecule has 0 N–H and O–H groups in total. The Labute approximate surface area is 102 Å². The second-order valence-electron chi connectivity index (χ2n) is 2.74. The molecular weight excluding hydrogens is 283 g/mol. The molecule has 0 amide bonds. The van der Waals surface area contributed by atoms with Crippen molar-refractivity contribution < 1.29 is 14.2 Å². The number of ether oxygens (including phenoxy) is 3. The minimum Gasteiger partial charge on any atom is -0.466 e. The van der Waals surface area contributed by atoms with Crippen LogP contribution in [0.3, 0.4) is 0 Å². The van der Waals surface area contributed by atoms with Crippen LogP contribution in [-0.4, -0.2) is 27.1 Å². The van der Waals surface area contributed by atoms with Gasteiger partial charge in [0.1, 0.15) is 5.75 Å². The molecule has 0 bridgehead atoms. The molecule has 0 aliphatic carbocycles. The van der Waals surface area contributed by atoms with E-state index in [0.717, 1.165) is 4.47 Å². The first-order valence-corrected chi connectivity index (χ1v) is 5.55. The third kappa shape index (κ3) is 4.84. The minimum absolute atomic E-state index is 0.198. The molecule has 1 aromatic carbocycles. The zero-order valence-corrected chi connectivity index (χ0v) is 10.7. The fourth-order valence-electron chi connectivity index (χ4n) is 0.899. The first-order valence-electron chi connectivity index (χ1n) is 4.38. The van der Waals surface area contributed by atoms with Crippen LogP contribution in [0.25, 0.3) is 0 Å². The monoisotopic (exact) mass is 294 g/mol. The normalized spacial score (nSPS) is 10.3. The molecule has 0 heterocycles. The summed E-state index contributed by atoms with van der Waals surface area (Å²) >= 11 is 9.13. The molecule has 0 spiro atoms. The molecule has 1 rings (SSSR count). The molecule has 0 aliphatic rings. The molecule has 0 atom stereocenters. The highest BCUT2D eigenvalue weighted by Crippen LogP contribution is 2.27. The highest BCUT2D eigenvalue weighted by Gasteiger charge is 2.01. The molecule has 84 valence electrons. The molecule has 0 radical (unpaired) electrons. The summed E-state index contributed by atoms with van der Waals surface area (Å²) in [6.07, 6.45) is 0. The zero-order valence-electron chi connectivity index (χ0n) is 8.33. The van der Waals surface area contributed by atoms with Crippen molar-refractivity contribution in [1.29, 1.82) is 0 Å². The Kier molecular flexibility index (Phi) is 6.02. The van der Waals surface area contributed by atoms with E-state index in [2.05, 4.69) is 15.9 Å². The van der Waals surface area contributed by atoms with Crippen molar-refractivity contribution >= 4 is 27.5 Å². The van der Waals surface area contributed by atoms with Gasteiger partial charge in [0.15, 0.2) is 6.79 Å². The molecular formula is C10H12BrClO3. The van der Waals surface area contributed by atoms with Crippen LogP contribution in [0.4, 0.5) is 0 Å². The molecule has 1 aromatic rings. The SMILES string of the molecule is COCCOCOc1ccc(Cl)cc1Br. The van der Waals surface area contributed by atoms with Crippen molar-refractivity contribution in [3.63, 3.8) is 0 Å². The summed E-state index contributed by atoms with van der Waals surface area (Å²) in [5.74, 6) is 0.705. The Morgan fingerprint density at radius 1 is 1.33 bits per heavy atom. The number of rotatable bonds is 6. The number of halogens is 2. The van der Waals surface area contributed by atoms with Gasteiger partial charge in [-0.25, -0.2) is 0 Å². The van der Waals surface area contributed by atoms with Gasteiger partial charge >= 0.3 is 0 Å². The molecule has 0 fully saturated rings. The van der Waals surface area contributed by atoms with Gasteiger partial charge in [-0.2, -0.15) is 0 Å². The summed E-state index contributed by atoms with van der Waals surface area (Å²) in [6.45, 7) is 1.27. The highest BCUT2D eigenvalue weighted by atomic mass is 79.9. The summed E-state index contributed by atoms with van der Waals surface area (Å²) in [4.78, 5) is 0. The van der Waals surface area contributed by atoms with Crippen LogP contribution in [0.5, 0.6) is 5.75 Å². The lowest BCUT2D eigenvalue weighted by atomic mass is 10.3. The smallest absolute Gasteiger partial charge is 0.189 e. The summed E-state index contributed by atoms with van der Waals surface area (Å²) in [5.41, 5.74) is 0. The van der Waals surface area contributed by atoms with Crippen molar-refractivity contribution in [1.82, 2.24) is 0 Å². The van der Waals surface area contributed by atoms with Crippen LogP contribution >= 0.6 is 27.5 Å². The maximum absolute atomic E-state index is 5.79. The topological polar surface area (TPSA) is 27.7 Å². The van der Waals surface area contributed by atoms with Gasteiger partial charge < -0.3 is 14.2 Å². The molecule has 0 saturated heterocycles. The van der Waals surface area contributed by atoms with Gasteiger partial charge in [0.25, 0.3) is 0 Å². The molecule has 0 saturated carbocycles. The van der Waals surface area contributed by atoms with E-state index < -0.39 is 0 Å². The maximum Gasteiger partial charge on any atom is 0.189 e. The van der Waals surface area contributed by atoms with Crippen LogP contribution in [0, 0.1) is 0 Å². The number of benzene rings is 1. The zero-order chi connectivity index (χ0) is 11.1. The van der Waals surface area contributed by atoms with Crippen molar-refractivity contribution in [2.75, 3.05) is 27.1 Å². The van der Waals surface area contributed by atoms with Crippen LogP contribution in [0.2, 0.25) is 5.02 Å². The van der Waals surface area contributed by atoms with Gasteiger partial charge in [0.05, 0.1) is 17.7 Å². The Bertz CT molecular complexity index is 307. The third-order valence-electron chi connectivity index (χ3n) is 1.62. The highest BCUT2D eigenvalue weighted by molar-refractivity contribution is 9.10. The number of hydrogen-bond acceptors (Lipinski definition) is 3. The lowest BCUT2D eigenvalue weighted by Gasteiger charge is -2.08. The third-order valence-corrected chi connectivity index (χ3v) is 2.48. The Morgan fingerprint density at radius 3 is 2.80 bits per heavy atom. The van der Waals surface area contributed by atoms with Gasteiger partial charge in [-0.15, -0.1) is 0 Å². The van der Waals surface area contributed by atoms with E-state index in [0.29, 0.717) is 24.0 Å². The van der Waals surface area contributed by atoms with E-state index in [1.807, 2.05) is 0 Å². The standard InChI is InChI=1S/C10H12BrClO3/c1-13-4-5-14-7-15-10-3-2-8(12)6-9(10)11/h2-3,6H,4-5,7H2,1H3. The van der Waals surface area contributed by atoms with E-state index in [9.17, 15) is 0 Å². The molecule has 15 heavy (non-hydrogen) atoms. The summed E-state index contributed by atoms with van der Waals surface area (Å²) < 4.78 is 16.2. The molecule has 0 aliphatic heterocycles. The maximum atomic E-state index is 5.79. The van der Waals surface area contributed by atoms with E-state index in [1.54, 1.807) is 25.3 Å². The second-order valence-corrected chi connectivity index (χ2v) is 4.03. The fourth-order valence-corrected chi connectivity index (χ4v) is 1.70. The van der Waals surface area contributed by atoms with E-state index >= 15 is 0 Å². The average molecular weight is 296 g/mol. The van der Waals surface area contributed by atoms with Gasteiger partial charge in [0.2, 0.25) is 0 Å². The van der Waals surface area contributed by atoms with Crippen LogP contribution in [-0.2, 0) is 9.47 Å². The Morgan fingerprint density at radius 2 is 2.13 bits per heavy atom. The van der Waals surface area contributed by atoms with Crippen molar-refractivity contribution in [2.45, 2.75) is 0 Å². The van der Waals surface area contributed by atoms with Gasteiger partial charge in [-0.05, 0) is 34.1 Å². The fraction of sp³-hybridized carbons (Fsp3) is 0.400. The molecule has 3 nitrogen and oxygen atoms in total. The van der Waals surface area contributed by atoms with Crippen LogP contribution in [0.1, 0.15) is 0 Å². The summed E-state index contributed by atoms with van der Waals surface area (Å²) in [6, 6.07) is 5.31. The van der Waals surface area contributed by atoms with Crippen LogP contribution in [0.15, 0.2) is 22.7 Å². The predicted molar refractivity (Wildman–Crippen MR) is 62.5 cm³/mol. The van der Waals surface area contributed by atoms with Gasteiger partial charge in [-0.3, -0.25) is 0 Å². The first-order chi connectivity index (χ1) is 7.24. The lowest BCUT2D eigenvalue weighted by Crippen LogP contribution is -2.07. The van der Waals surface area contributed by atoms with Crippen LogP contribution < -0.4 is 4.74 Å². The minimum atomic E-state index is 0.198. The average Bonchev–Trinajstić information content (AvgIpc) is 2.20. The predicted octanol–water partition coefficient (Wildman–Crippen LogP) is 3.10. The van der Waals surface area contributed by atoms with Crippen molar-refractivity contribution in [3.05, 3.63) is 27.7 Å². The van der Waals surface area contributed by atoms with Gasteiger partial charge in [-0.1, -0.05) is 11.6 Å². The van der Waals surface area contributed by atoms with Crippen molar-refractivity contribution in [3.8, 4) is 5.75 Å². The van der Waals surface area contributed by atoms with E-state index in [-0.39, 0.29) is 6.79 Å². The Hall–Kier alpha value is -0.290. The lowest BCUT2D eigenvalue weighted by molar-refractivity contribution is -0.00879. The molecule has 5 heteroatoms. The summed E-state index contributed by atoms with van der Waals surface area (Å²) in [5, 5.41) is 0.662. The Balaban J connectivity index is 2.31. The van der Waals surface area contributed by atoms with Crippen molar-refractivity contribution in [2.24, 2.45) is 0 Å². The number of methoxy groups -OCH3 is 1. The first kappa shape index (κ1) is 12.8. The quantitative estimate of drug-likeness (QED) is 0.596. The van der Waals surface area contributed by atoms with Gasteiger partial charge in [0, 0.05) is 12.1 Å². The second kappa shape index (κ2) is 7.06. The number of hydrogen-bond donors (Lipinski definition) is 0. The molecule has 0 unspecified atom stereocenters. The van der Waals surface area contributed by atoms with E-state index in [1.165, 1.54) is 0 Å². The largest absolute Gasteiger partial charge is 0.466 e. The molecule has 0 aromatic heterocycles.